The van der Waals surface area contributed by atoms with Crippen molar-refractivity contribution in [3.8, 4) is 0 Å². The third-order valence-electron chi connectivity index (χ3n) is 2.15. The van der Waals surface area contributed by atoms with Gasteiger partial charge < -0.3 is 10.1 Å². The number of aryl methyl sites for hydroxylation is 1. The Bertz CT molecular complexity index is 538. The van der Waals surface area contributed by atoms with E-state index in [1.54, 1.807) is 23.5 Å². The average molecular weight is 264 g/mol. The fraction of sp³-hybridized carbons (Fsp3) is 0.273. The van der Waals surface area contributed by atoms with Gasteiger partial charge in [0, 0.05) is 11.1 Å². The van der Waals surface area contributed by atoms with Crippen molar-refractivity contribution in [1.29, 1.82) is 0 Å². The molecule has 0 aliphatic carbocycles. The number of aromatic nitrogens is 3. The Labute approximate surface area is 108 Å². The number of hydrogen-bond acceptors (Lipinski definition) is 7. The number of rotatable bonds is 4. The van der Waals surface area contributed by atoms with E-state index in [4.69, 9.17) is 0 Å². The lowest BCUT2D eigenvalue weighted by Gasteiger charge is -2.02. The first kappa shape index (κ1) is 12.4. The maximum absolute atomic E-state index is 11.2. The second-order valence-corrected chi connectivity index (χ2v) is 4.47. The molecule has 0 amide bonds. The molecule has 0 fully saturated rings. The lowest BCUT2D eigenvalue weighted by atomic mass is 10.4. The van der Waals surface area contributed by atoms with E-state index < -0.39 is 5.97 Å². The normalized spacial score (nSPS) is 10.1. The first-order valence-electron chi connectivity index (χ1n) is 5.26. The molecular weight excluding hydrogens is 252 g/mol. The average Bonchev–Trinajstić information content (AvgIpc) is 2.82. The highest BCUT2D eigenvalue weighted by atomic mass is 32.1. The fourth-order valence-electron chi connectivity index (χ4n) is 1.29. The minimum absolute atomic E-state index is 0.188. The van der Waals surface area contributed by atoms with E-state index in [2.05, 4.69) is 25.2 Å². The number of nitrogens with zero attached hydrogens (tertiary/aromatic N) is 3. The standard InChI is InChI=1S/C11H12N4O2S/c1-7-6-18-10(13-7)5-12-9-4-3-8(14-15-9)11(16)17-2/h3-4,6H,5H2,1-2H3,(H,12,15). The minimum Gasteiger partial charge on any atom is -0.464 e. The molecule has 2 rings (SSSR count). The van der Waals surface area contributed by atoms with Crippen LogP contribution < -0.4 is 5.32 Å². The van der Waals surface area contributed by atoms with Gasteiger partial charge in [0.1, 0.15) is 10.8 Å². The molecule has 94 valence electrons. The minimum atomic E-state index is -0.496. The van der Waals surface area contributed by atoms with E-state index in [-0.39, 0.29) is 5.69 Å². The summed E-state index contributed by atoms with van der Waals surface area (Å²) in [4.78, 5) is 15.5. The van der Waals surface area contributed by atoms with Crippen LogP contribution in [0.2, 0.25) is 0 Å². The number of ether oxygens (including phenoxy) is 1. The SMILES string of the molecule is COC(=O)c1ccc(NCc2nc(C)cs2)nn1. The zero-order valence-corrected chi connectivity index (χ0v) is 10.8. The number of methoxy groups -OCH3 is 1. The van der Waals surface area contributed by atoms with Gasteiger partial charge in [0.15, 0.2) is 5.69 Å². The highest BCUT2D eigenvalue weighted by Crippen LogP contribution is 2.11. The maximum Gasteiger partial charge on any atom is 0.358 e. The quantitative estimate of drug-likeness (QED) is 0.846. The van der Waals surface area contributed by atoms with Crippen molar-refractivity contribution in [2.75, 3.05) is 12.4 Å². The summed E-state index contributed by atoms with van der Waals surface area (Å²) in [6.45, 7) is 2.54. The number of thiazole rings is 1. The van der Waals surface area contributed by atoms with Crippen molar-refractivity contribution in [2.24, 2.45) is 0 Å². The van der Waals surface area contributed by atoms with Crippen molar-refractivity contribution in [3.05, 3.63) is 33.9 Å². The first-order chi connectivity index (χ1) is 8.69. The van der Waals surface area contributed by atoms with Crippen molar-refractivity contribution in [1.82, 2.24) is 15.2 Å². The Morgan fingerprint density at radius 2 is 2.28 bits per heavy atom. The van der Waals surface area contributed by atoms with Crippen LogP contribution in [-0.4, -0.2) is 28.3 Å². The third kappa shape index (κ3) is 3.01. The van der Waals surface area contributed by atoms with Crippen LogP contribution in [0, 0.1) is 6.92 Å². The zero-order chi connectivity index (χ0) is 13.0. The van der Waals surface area contributed by atoms with Gasteiger partial charge in [-0.25, -0.2) is 9.78 Å². The summed E-state index contributed by atoms with van der Waals surface area (Å²) in [7, 11) is 1.31. The van der Waals surface area contributed by atoms with Crippen LogP contribution in [0.1, 0.15) is 21.2 Å². The van der Waals surface area contributed by atoms with E-state index >= 15 is 0 Å². The molecule has 0 atom stereocenters. The molecule has 6 nitrogen and oxygen atoms in total. The molecule has 0 radical (unpaired) electrons. The molecule has 0 aromatic carbocycles. The van der Waals surface area contributed by atoms with E-state index in [0.29, 0.717) is 12.4 Å². The Morgan fingerprint density at radius 3 is 2.83 bits per heavy atom. The van der Waals surface area contributed by atoms with Gasteiger partial charge in [0.25, 0.3) is 0 Å². The van der Waals surface area contributed by atoms with Crippen LogP contribution in [-0.2, 0) is 11.3 Å². The number of hydrogen-bond donors (Lipinski definition) is 1. The highest BCUT2D eigenvalue weighted by Gasteiger charge is 2.07. The molecule has 2 aromatic rings. The molecular formula is C11H12N4O2S. The molecule has 0 unspecified atom stereocenters. The van der Waals surface area contributed by atoms with Gasteiger partial charge in [0.05, 0.1) is 13.7 Å². The maximum atomic E-state index is 11.2. The summed E-state index contributed by atoms with van der Waals surface area (Å²) in [6.07, 6.45) is 0. The van der Waals surface area contributed by atoms with Crippen molar-refractivity contribution in [3.63, 3.8) is 0 Å². The summed E-state index contributed by atoms with van der Waals surface area (Å²) >= 11 is 1.58. The Morgan fingerprint density at radius 1 is 1.44 bits per heavy atom. The predicted molar refractivity (Wildman–Crippen MR) is 67.5 cm³/mol. The van der Waals surface area contributed by atoms with Crippen LogP contribution >= 0.6 is 11.3 Å². The Balaban J connectivity index is 1.96. The van der Waals surface area contributed by atoms with Gasteiger partial charge in [-0.1, -0.05) is 0 Å². The van der Waals surface area contributed by atoms with Crippen molar-refractivity contribution >= 4 is 23.1 Å². The monoisotopic (exact) mass is 264 g/mol. The molecule has 2 aromatic heterocycles. The molecule has 0 bridgehead atoms. The van der Waals surface area contributed by atoms with Gasteiger partial charge in [-0.05, 0) is 19.1 Å². The summed E-state index contributed by atoms with van der Waals surface area (Å²) in [6, 6.07) is 3.24. The number of carbonyl (C=O) groups excluding carboxylic acids is 1. The second kappa shape index (κ2) is 5.54. The molecule has 2 heterocycles. The van der Waals surface area contributed by atoms with Gasteiger partial charge in [-0.2, -0.15) is 0 Å². The van der Waals surface area contributed by atoms with Crippen LogP contribution in [0.3, 0.4) is 0 Å². The number of carbonyl (C=O) groups is 1. The van der Waals surface area contributed by atoms with Crippen LogP contribution in [0.5, 0.6) is 0 Å². The Kier molecular flexibility index (Phi) is 3.83. The molecule has 0 saturated heterocycles. The molecule has 0 aliphatic heterocycles. The summed E-state index contributed by atoms with van der Waals surface area (Å²) in [5, 5.41) is 13.7. The van der Waals surface area contributed by atoms with Gasteiger partial charge in [-0.15, -0.1) is 21.5 Å². The topological polar surface area (TPSA) is 77.0 Å². The van der Waals surface area contributed by atoms with Gasteiger partial charge in [-0.3, -0.25) is 0 Å². The van der Waals surface area contributed by atoms with E-state index in [1.807, 2.05) is 12.3 Å². The molecule has 7 heteroatoms. The number of anilines is 1. The van der Waals surface area contributed by atoms with Crippen molar-refractivity contribution in [2.45, 2.75) is 13.5 Å². The number of esters is 1. The Hall–Kier alpha value is -2.02. The smallest absolute Gasteiger partial charge is 0.358 e. The molecule has 18 heavy (non-hydrogen) atoms. The van der Waals surface area contributed by atoms with Crippen LogP contribution in [0.15, 0.2) is 17.5 Å². The van der Waals surface area contributed by atoms with Crippen molar-refractivity contribution < 1.29 is 9.53 Å². The lowest BCUT2D eigenvalue weighted by molar-refractivity contribution is 0.0593. The highest BCUT2D eigenvalue weighted by molar-refractivity contribution is 7.09. The van der Waals surface area contributed by atoms with Gasteiger partial charge >= 0.3 is 5.97 Å². The summed E-state index contributed by atoms with van der Waals surface area (Å²) in [5.41, 5.74) is 1.19. The molecule has 0 spiro atoms. The van der Waals surface area contributed by atoms with Crippen LogP contribution in [0.25, 0.3) is 0 Å². The second-order valence-electron chi connectivity index (χ2n) is 3.53. The van der Waals surface area contributed by atoms with E-state index in [9.17, 15) is 4.79 Å². The largest absolute Gasteiger partial charge is 0.464 e. The summed E-state index contributed by atoms with van der Waals surface area (Å²) in [5.74, 6) is 0.0973. The molecule has 1 N–H and O–H groups in total. The molecule has 0 saturated carbocycles. The fourth-order valence-corrected chi connectivity index (χ4v) is 2.00. The van der Waals surface area contributed by atoms with E-state index in [1.165, 1.54) is 7.11 Å². The predicted octanol–water partition coefficient (Wildman–Crippen LogP) is 1.64. The first-order valence-corrected chi connectivity index (χ1v) is 6.14. The third-order valence-corrected chi connectivity index (χ3v) is 3.11. The zero-order valence-electron chi connectivity index (χ0n) is 10.0. The van der Waals surface area contributed by atoms with Gasteiger partial charge in [0.2, 0.25) is 0 Å². The van der Waals surface area contributed by atoms with Crippen LogP contribution in [0.4, 0.5) is 5.82 Å². The lowest BCUT2D eigenvalue weighted by Crippen LogP contribution is -2.07. The molecule has 0 aliphatic rings. The number of nitrogens with one attached hydrogen (secondary N) is 1. The van der Waals surface area contributed by atoms with E-state index in [0.717, 1.165) is 10.7 Å². The summed E-state index contributed by atoms with van der Waals surface area (Å²) < 4.78 is 4.54.